The molecule has 0 aliphatic rings. The van der Waals surface area contributed by atoms with E-state index in [9.17, 15) is 4.79 Å². The summed E-state index contributed by atoms with van der Waals surface area (Å²) >= 11 is 7.24. The first kappa shape index (κ1) is 11.0. The van der Waals surface area contributed by atoms with E-state index < -0.39 is 0 Å². The molecule has 0 saturated heterocycles. The summed E-state index contributed by atoms with van der Waals surface area (Å²) in [5, 5.41) is 5.03. The highest BCUT2D eigenvalue weighted by Crippen LogP contribution is 2.23. The molecule has 0 atom stereocenters. The molecule has 1 aromatic carbocycles. The van der Waals surface area contributed by atoms with Gasteiger partial charge >= 0.3 is 0 Å². The highest BCUT2D eigenvalue weighted by molar-refractivity contribution is 7.12. The molecule has 0 radical (unpaired) electrons. The van der Waals surface area contributed by atoms with Gasteiger partial charge in [0, 0.05) is 5.69 Å². The highest BCUT2D eigenvalue weighted by Gasteiger charge is 2.07. The van der Waals surface area contributed by atoms with Crippen LogP contribution in [-0.2, 0) is 0 Å². The van der Waals surface area contributed by atoms with E-state index in [1.165, 1.54) is 11.3 Å². The molecule has 0 aliphatic carbocycles. The van der Waals surface area contributed by atoms with Crippen molar-refractivity contribution in [3.8, 4) is 0 Å². The Morgan fingerprint density at radius 1 is 1.38 bits per heavy atom. The predicted molar refractivity (Wildman–Crippen MR) is 68.1 cm³/mol. The lowest BCUT2D eigenvalue weighted by molar-refractivity contribution is 0.103. The van der Waals surface area contributed by atoms with Crippen molar-refractivity contribution in [2.45, 2.75) is 0 Å². The Morgan fingerprint density at radius 3 is 2.81 bits per heavy atom. The number of halogens is 1. The molecule has 0 saturated carbocycles. The maximum atomic E-state index is 11.7. The first-order valence-corrected chi connectivity index (χ1v) is 5.82. The van der Waals surface area contributed by atoms with Crippen molar-refractivity contribution in [2.24, 2.45) is 0 Å². The summed E-state index contributed by atoms with van der Waals surface area (Å²) < 4.78 is 0. The van der Waals surface area contributed by atoms with Gasteiger partial charge in [0.05, 0.1) is 15.6 Å². The summed E-state index contributed by atoms with van der Waals surface area (Å²) in [4.78, 5) is 12.4. The van der Waals surface area contributed by atoms with E-state index in [4.69, 9.17) is 17.3 Å². The van der Waals surface area contributed by atoms with Crippen molar-refractivity contribution >= 4 is 40.2 Å². The van der Waals surface area contributed by atoms with Crippen molar-refractivity contribution in [1.29, 1.82) is 0 Å². The predicted octanol–water partition coefficient (Wildman–Crippen LogP) is 3.24. The Hall–Kier alpha value is -1.52. The van der Waals surface area contributed by atoms with E-state index in [1.807, 2.05) is 11.4 Å². The molecule has 1 aromatic heterocycles. The average molecular weight is 253 g/mol. The SMILES string of the molecule is Nc1ccc(NC(=O)c2cccs2)cc1Cl. The third-order valence-electron chi connectivity index (χ3n) is 2.00. The fraction of sp³-hybridized carbons (Fsp3) is 0. The van der Waals surface area contributed by atoms with Crippen LogP contribution in [0.5, 0.6) is 0 Å². The minimum atomic E-state index is -0.143. The zero-order valence-electron chi connectivity index (χ0n) is 8.24. The molecule has 16 heavy (non-hydrogen) atoms. The molecular formula is C11H9ClN2OS. The normalized spacial score (nSPS) is 10.1. The first-order valence-electron chi connectivity index (χ1n) is 4.56. The van der Waals surface area contributed by atoms with Crippen molar-refractivity contribution < 1.29 is 4.79 Å². The number of hydrogen-bond donors (Lipinski definition) is 2. The molecule has 2 rings (SSSR count). The van der Waals surface area contributed by atoms with Crippen LogP contribution in [0.15, 0.2) is 35.7 Å². The fourth-order valence-corrected chi connectivity index (χ4v) is 2.00. The van der Waals surface area contributed by atoms with Gasteiger partial charge in [-0.15, -0.1) is 11.3 Å². The van der Waals surface area contributed by atoms with E-state index in [1.54, 1.807) is 24.3 Å². The van der Waals surface area contributed by atoms with Crippen LogP contribution in [0.2, 0.25) is 5.02 Å². The lowest BCUT2D eigenvalue weighted by atomic mass is 10.3. The molecule has 0 spiro atoms. The van der Waals surface area contributed by atoms with Crippen LogP contribution < -0.4 is 11.1 Å². The first-order chi connectivity index (χ1) is 7.66. The second-order valence-electron chi connectivity index (χ2n) is 3.17. The number of rotatable bonds is 2. The van der Waals surface area contributed by atoms with Gasteiger partial charge in [-0.1, -0.05) is 17.7 Å². The van der Waals surface area contributed by atoms with Gasteiger partial charge in [-0.25, -0.2) is 0 Å². The van der Waals surface area contributed by atoms with Crippen LogP contribution >= 0.6 is 22.9 Å². The lowest BCUT2D eigenvalue weighted by Crippen LogP contribution is -2.10. The van der Waals surface area contributed by atoms with Crippen LogP contribution in [0.1, 0.15) is 9.67 Å². The Kier molecular flexibility index (Phi) is 3.12. The second-order valence-corrected chi connectivity index (χ2v) is 4.52. The highest BCUT2D eigenvalue weighted by atomic mass is 35.5. The second kappa shape index (κ2) is 4.55. The van der Waals surface area contributed by atoms with Gasteiger partial charge in [0.25, 0.3) is 5.91 Å². The zero-order chi connectivity index (χ0) is 11.5. The standard InChI is InChI=1S/C11H9ClN2OS/c12-8-6-7(3-4-9(8)13)14-11(15)10-2-1-5-16-10/h1-6H,13H2,(H,14,15). The third kappa shape index (κ3) is 2.35. The Balaban J connectivity index is 2.15. The van der Waals surface area contributed by atoms with Crippen molar-refractivity contribution in [2.75, 3.05) is 11.1 Å². The molecule has 0 bridgehead atoms. The molecule has 0 aliphatic heterocycles. The van der Waals surface area contributed by atoms with E-state index in [0.29, 0.717) is 21.3 Å². The number of amides is 1. The summed E-state index contributed by atoms with van der Waals surface area (Å²) in [6.07, 6.45) is 0. The number of nitrogen functional groups attached to an aromatic ring is 1. The molecule has 1 amide bonds. The molecule has 1 heterocycles. The van der Waals surface area contributed by atoms with Crippen molar-refractivity contribution in [3.05, 3.63) is 45.6 Å². The number of benzene rings is 1. The number of anilines is 2. The van der Waals surface area contributed by atoms with Crippen LogP contribution in [0.3, 0.4) is 0 Å². The summed E-state index contributed by atoms with van der Waals surface area (Å²) in [7, 11) is 0. The Labute approximate surface area is 102 Å². The van der Waals surface area contributed by atoms with Gasteiger partial charge in [0.2, 0.25) is 0 Å². The molecular weight excluding hydrogens is 244 g/mol. The average Bonchev–Trinajstić information content (AvgIpc) is 2.77. The smallest absolute Gasteiger partial charge is 0.265 e. The van der Waals surface area contributed by atoms with Crippen LogP contribution in [-0.4, -0.2) is 5.91 Å². The molecule has 0 unspecified atom stereocenters. The van der Waals surface area contributed by atoms with Gasteiger partial charge in [0.15, 0.2) is 0 Å². The van der Waals surface area contributed by atoms with E-state index in [-0.39, 0.29) is 5.91 Å². The van der Waals surface area contributed by atoms with Crippen LogP contribution in [0.25, 0.3) is 0 Å². The Morgan fingerprint density at radius 2 is 2.19 bits per heavy atom. The minimum Gasteiger partial charge on any atom is -0.398 e. The summed E-state index contributed by atoms with van der Waals surface area (Å²) in [6, 6.07) is 8.59. The quantitative estimate of drug-likeness (QED) is 0.807. The van der Waals surface area contributed by atoms with Gasteiger partial charge in [-0.2, -0.15) is 0 Å². The van der Waals surface area contributed by atoms with Gasteiger partial charge in [0.1, 0.15) is 0 Å². The van der Waals surface area contributed by atoms with Gasteiger partial charge < -0.3 is 11.1 Å². The molecule has 0 fully saturated rings. The number of hydrogen-bond acceptors (Lipinski definition) is 3. The van der Waals surface area contributed by atoms with Crippen molar-refractivity contribution in [3.63, 3.8) is 0 Å². The molecule has 2 aromatic rings. The van der Waals surface area contributed by atoms with Crippen LogP contribution in [0, 0.1) is 0 Å². The topological polar surface area (TPSA) is 55.1 Å². The number of carbonyl (C=O) groups is 1. The maximum absolute atomic E-state index is 11.7. The number of nitrogens with two attached hydrogens (primary N) is 1. The summed E-state index contributed by atoms with van der Waals surface area (Å²) in [6.45, 7) is 0. The largest absolute Gasteiger partial charge is 0.398 e. The molecule has 82 valence electrons. The number of thiophene rings is 1. The molecule has 3 N–H and O–H groups in total. The lowest BCUT2D eigenvalue weighted by Gasteiger charge is -2.05. The summed E-state index contributed by atoms with van der Waals surface area (Å²) in [5.41, 5.74) is 6.70. The van der Waals surface area contributed by atoms with Crippen LogP contribution in [0.4, 0.5) is 11.4 Å². The monoisotopic (exact) mass is 252 g/mol. The van der Waals surface area contributed by atoms with E-state index in [0.717, 1.165) is 0 Å². The number of nitrogens with one attached hydrogen (secondary N) is 1. The van der Waals surface area contributed by atoms with Gasteiger partial charge in [-0.05, 0) is 29.6 Å². The van der Waals surface area contributed by atoms with E-state index in [2.05, 4.69) is 5.32 Å². The maximum Gasteiger partial charge on any atom is 0.265 e. The third-order valence-corrected chi connectivity index (χ3v) is 3.20. The fourth-order valence-electron chi connectivity index (χ4n) is 1.21. The molecule has 5 heteroatoms. The van der Waals surface area contributed by atoms with E-state index >= 15 is 0 Å². The van der Waals surface area contributed by atoms with Crippen molar-refractivity contribution in [1.82, 2.24) is 0 Å². The van der Waals surface area contributed by atoms with Gasteiger partial charge in [-0.3, -0.25) is 4.79 Å². The minimum absolute atomic E-state index is 0.143. The number of carbonyl (C=O) groups excluding carboxylic acids is 1. The molecule has 3 nitrogen and oxygen atoms in total. The summed E-state index contributed by atoms with van der Waals surface area (Å²) in [5.74, 6) is -0.143. The Bertz CT molecular complexity index is 511. The zero-order valence-corrected chi connectivity index (χ0v) is 9.81.